The molecule has 2 aromatic rings. The quantitative estimate of drug-likeness (QED) is 0.103. The van der Waals surface area contributed by atoms with E-state index in [1.54, 1.807) is 26.0 Å². The van der Waals surface area contributed by atoms with Gasteiger partial charge in [0.15, 0.2) is 23.1 Å². The highest BCUT2D eigenvalue weighted by Gasteiger charge is 2.24. The lowest BCUT2D eigenvalue weighted by molar-refractivity contribution is -0.0230. The van der Waals surface area contributed by atoms with E-state index in [9.17, 15) is 17.6 Å². The molecule has 4 unspecified atom stereocenters. The lowest BCUT2D eigenvalue weighted by Gasteiger charge is -2.29. The smallest absolute Gasteiger partial charge is 0.200 e. The Balaban J connectivity index is 0.983. The van der Waals surface area contributed by atoms with Gasteiger partial charge >= 0.3 is 0 Å². The minimum atomic E-state index is -0.887. The van der Waals surface area contributed by atoms with Crippen molar-refractivity contribution in [2.75, 3.05) is 26.4 Å². The van der Waals surface area contributed by atoms with Gasteiger partial charge < -0.3 is 18.9 Å². The number of halogens is 4. The maximum atomic E-state index is 14.4. The van der Waals surface area contributed by atoms with E-state index in [0.717, 1.165) is 57.3 Å². The first-order chi connectivity index (χ1) is 23.3. The van der Waals surface area contributed by atoms with E-state index >= 15 is 0 Å². The lowest BCUT2D eigenvalue weighted by atomic mass is 9.89. The summed E-state index contributed by atoms with van der Waals surface area (Å²) >= 11 is 0. The summed E-state index contributed by atoms with van der Waals surface area (Å²) in [4.78, 5) is 0. The van der Waals surface area contributed by atoms with Crippen molar-refractivity contribution in [1.29, 1.82) is 0 Å². The van der Waals surface area contributed by atoms with Crippen LogP contribution in [0.3, 0.4) is 0 Å². The van der Waals surface area contributed by atoms with Gasteiger partial charge in [0.2, 0.25) is 11.6 Å². The Hall–Kier alpha value is -2.32. The maximum Gasteiger partial charge on any atom is 0.200 e. The van der Waals surface area contributed by atoms with Crippen molar-refractivity contribution in [3.63, 3.8) is 0 Å². The van der Waals surface area contributed by atoms with Crippen LogP contribution in [0.25, 0.3) is 0 Å². The monoisotopic (exact) mass is 678 g/mol. The largest absolute Gasteiger partial charge is 0.491 e. The SMILES string of the molecule is CCOc1ccc(CCC2CCC(CCCCC(C)CCCCC3CCC(CCc4ccc(OCC)c(F)c4F)CO3)OC2)c(F)c1F. The molecule has 0 saturated carbocycles. The average Bonchev–Trinajstić information content (AvgIpc) is 3.10. The molecule has 2 heterocycles. The van der Waals surface area contributed by atoms with Crippen LogP contribution in [0.4, 0.5) is 17.6 Å². The molecular weight excluding hydrogens is 620 g/mol. The van der Waals surface area contributed by atoms with Crippen LogP contribution in [0.5, 0.6) is 11.5 Å². The van der Waals surface area contributed by atoms with E-state index in [-0.39, 0.29) is 11.5 Å². The third-order valence-corrected chi connectivity index (χ3v) is 10.4. The topological polar surface area (TPSA) is 36.9 Å². The molecule has 0 radical (unpaired) electrons. The van der Waals surface area contributed by atoms with E-state index in [2.05, 4.69) is 6.92 Å². The van der Waals surface area contributed by atoms with E-state index in [1.165, 1.54) is 50.7 Å². The number of rotatable bonds is 20. The lowest BCUT2D eigenvalue weighted by Crippen LogP contribution is -2.26. The van der Waals surface area contributed by atoms with Crippen molar-refractivity contribution in [3.8, 4) is 11.5 Å². The standard InChI is InChI=1S/C40H58F4O4/c1-4-45-35-24-20-31(37(41)39(35)43)18-14-29-16-22-33(47-26-29)12-8-6-10-28(3)11-7-9-13-34-23-17-30(27-48-34)15-19-32-21-25-36(46-5-2)40(44)38(32)42/h20-21,24-25,28-30,33-34H,4-19,22-23,26-27H2,1-3H3. The van der Waals surface area contributed by atoms with Crippen LogP contribution in [0.2, 0.25) is 0 Å². The van der Waals surface area contributed by atoms with Crippen molar-refractivity contribution >= 4 is 0 Å². The van der Waals surface area contributed by atoms with Gasteiger partial charge in [-0.2, -0.15) is 8.78 Å². The van der Waals surface area contributed by atoms with Crippen LogP contribution < -0.4 is 9.47 Å². The molecule has 270 valence electrons. The summed E-state index contributed by atoms with van der Waals surface area (Å²) in [5.74, 6) is -1.88. The van der Waals surface area contributed by atoms with Crippen LogP contribution in [0.1, 0.15) is 122 Å². The second-order valence-corrected chi connectivity index (χ2v) is 14.1. The summed E-state index contributed by atoms with van der Waals surface area (Å²) in [6.45, 7) is 7.90. The van der Waals surface area contributed by atoms with E-state index in [0.29, 0.717) is 74.4 Å². The minimum absolute atomic E-state index is 0.0208. The molecule has 2 fully saturated rings. The molecule has 4 nitrogen and oxygen atoms in total. The molecule has 2 aromatic carbocycles. The van der Waals surface area contributed by atoms with E-state index in [1.807, 2.05) is 0 Å². The van der Waals surface area contributed by atoms with Crippen molar-refractivity contribution in [2.45, 2.75) is 136 Å². The first-order valence-electron chi connectivity index (χ1n) is 18.7. The van der Waals surface area contributed by atoms with Crippen LogP contribution in [0.15, 0.2) is 24.3 Å². The molecule has 2 aliphatic rings. The molecule has 2 aliphatic heterocycles. The van der Waals surface area contributed by atoms with Crippen molar-refractivity contribution in [1.82, 2.24) is 0 Å². The molecule has 0 amide bonds. The predicted octanol–water partition coefficient (Wildman–Crippen LogP) is 11.0. The molecule has 4 rings (SSSR count). The number of benzene rings is 2. The maximum absolute atomic E-state index is 14.4. The zero-order chi connectivity index (χ0) is 34.3. The molecule has 0 N–H and O–H groups in total. The van der Waals surface area contributed by atoms with Gasteiger partial charge in [0.05, 0.1) is 25.4 Å². The molecule has 0 aromatic heterocycles. The van der Waals surface area contributed by atoms with E-state index in [4.69, 9.17) is 18.9 Å². The van der Waals surface area contributed by atoms with Crippen LogP contribution in [-0.4, -0.2) is 38.6 Å². The first-order valence-corrected chi connectivity index (χ1v) is 18.7. The van der Waals surface area contributed by atoms with E-state index < -0.39 is 23.3 Å². The normalized spacial score (nSPS) is 22.1. The highest BCUT2D eigenvalue weighted by atomic mass is 19.2. The Bertz CT molecular complexity index is 1130. The van der Waals surface area contributed by atoms with Crippen LogP contribution in [0, 0.1) is 41.0 Å². The Morgan fingerprint density at radius 2 is 1.04 bits per heavy atom. The van der Waals surface area contributed by atoms with Crippen LogP contribution in [-0.2, 0) is 22.3 Å². The van der Waals surface area contributed by atoms with Crippen molar-refractivity contribution in [3.05, 3.63) is 58.7 Å². The molecule has 0 aliphatic carbocycles. The first kappa shape index (κ1) is 38.5. The van der Waals surface area contributed by atoms with Crippen LogP contribution >= 0.6 is 0 Å². The van der Waals surface area contributed by atoms with Gasteiger partial charge in [-0.25, -0.2) is 8.78 Å². The highest BCUT2D eigenvalue weighted by Crippen LogP contribution is 2.31. The second kappa shape index (κ2) is 20.4. The third-order valence-electron chi connectivity index (χ3n) is 10.4. The zero-order valence-electron chi connectivity index (χ0n) is 29.5. The number of ether oxygens (including phenoxy) is 4. The number of aryl methyl sites for hydroxylation is 2. The van der Waals surface area contributed by atoms with Crippen molar-refractivity contribution in [2.24, 2.45) is 17.8 Å². The van der Waals surface area contributed by atoms with Gasteiger partial charge in [0, 0.05) is 13.2 Å². The molecule has 0 bridgehead atoms. The summed E-state index contributed by atoms with van der Waals surface area (Å²) < 4.78 is 79.8. The average molecular weight is 679 g/mol. The Morgan fingerprint density at radius 1 is 0.604 bits per heavy atom. The van der Waals surface area contributed by atoms with Gasteiger partial charge in [-0.1, -0.05) is 57.6 Å². The summed E-state index contributed by atoms with van der Waals surface area (Å²) in [5.41, 5.74) is 0.825. The number of unbranched alkanes of at least 4 members (excludes halogenated alkanes) is 2. The molecule has 48 heavy (non-hydrogen) atoms. The summed E-state index contributed by atoms with van der Waals surface area (Å²) in [7, 11) is 0. The highest BCUT2D eigenvalue weighted by molar-refractivity contribution is 5.32. The van der Waals surface area contributed by atoms with Crippen molar-refractivity contribution < 1.29 is 36.5 Å². The number of hydrogen-bond donors (Lipinski definition) is 0. The third kappa shape index (κ3) is 11.9. The molecular formula is C40H58F4O4. The molecule has 0 spiro atoms. The minimum Gasteiger partial charge on any atom is -0.491 e. The zero-order valence-corrected chi connectivity index (χ0v) is 29.5. The Morgan fingerprint density at radius 3 is 1.42 bits per heavy atom. The van der Waals surface area contributed by atoms with Gasteiger partial charge in [-0.3, -0.25) is 0 Å². The number of hydrogen-bond acceptors (Lipinski definition) is 4. The fraction of sp³-hybridized carbons (Fsp3) is 0.700. The van der Waals surface area contributed by atoms with Gasteiger partial charge in [-0.05, 0) is 119 Å². The summed E-state index contributed by atoms with van der Waals surface area (Å²) in [6.07, 6.45) is 17.1. The molecule has 8 heteroatoms. The Kier molecular flexibility index (Phi) is 16.3. The fourth-order valence-corrected chi connectivity index (χ4v) is 7.29. The van der Waals surface area contributed by atoms with Gasteiger partial charge in [0.25, 0.3) is 0 Å². The molecule has 2 saturated heterocycles. The molecule has 4 atom stereocenters. The summed E-state index contributed by atoms with van der Waals surface area (Å²) in [5, 5.41) is 0. The van der Waals surface area contributed by atoms with Gasteiger partial charge in [0.1, 0.15) is 0 Å². The Labute approximate surface area is 286 Å². The predicted molar refractivity (Wildman–Crippen MR) is 183 cm³/mol. The second-order valence-electron chi connectivity index (χ2n) is 14.1. The fourth-order valence-electron chi connectivity index (χ4n) is 7.29. The summed E-state index contributed by atoms with van der Waals surface area (Å²) in [6, 6.07) is 6.33. The van der Waals surface area contributed by atoms with Gasteiger partial charge in [-0.15, -0.1) is 0 Å².